The summed E-state index contributed by atoms with van der Waals surface area (Å²) in [6.45, 7) is 9.24. The molecule has 1 saturated heterocycles. The number of rotatable bonds is 8. The molecule has 0 aromatic heterocycles. The lowest BCUT2D eigenvalue weighted by Gasteiger charge is -2.29. The summed E-state index contributed by atoms with van der Waals surface area (Å²) in [7, 11) is 0. The van der Waals surface area contributed by atoms with Crippen molar-refractivity contribution in [1.29, 1.82) is 0 Å². The number of halogens is 1. The standard InChI is InChI=1S/C19H27BrO3/c1-4-19(2,3)22-13-11-17(15-8-7-9-16(20)14-15)23-18-10-5-6-12-21-18/h4,7-9,14,17-18H,1,5-6,10-13H2,2-3H3. The minimum atomic E-state index is -0.316. The van der Waals surface area contributed by atoms with Crippen molar-refractivity contribution in [3.8, 4) is 0 Å². The Morgan fingerprint density at radius 1 is 1.43 bits per heavy atom. The quantitative estimate of drug-likeness (QED) is 0.562. The van der Waals surface area contributed by atoms with Gasteiger partial charge in [-0.15, -0.1) is 6.58 Å². The first-order valence-electron chi connectivity index (χ1n) is 8.30. The lowest BCUT2D eigenvalue weighted by Crippen LogP contribution is -2.26. The van der Waals surface area contributed by atoms with E-state index in [1.807, 2.05) is 32.1 Å². The molecule has 0 saturated carbocycles. The van der Waals surface area contributed by atoms with Gasteiger partial charge in [-0.1, -0.05) is 34.1 Å². The Morgan fingerprint density at radius 2 is 2.26 bits per heavy atom. The molecule has 2 unspecified atom stereocenters. The largest absolute Gasteiger partial charge is 0.371 e. The summed E-state index contributed by atoms with van der Waals surface area (Å²) in [4.78, 5) is 0. The maximum absolute atomic E-state index is 6.23. The summed E-state index contributed by atoms with van der Waals surface area (Å²) in [6, 6.07) is 8.25. The van der Waals surface area contributed by atoms with Gasteiger partial charge in [0.05, 0.1) is 18.3 Å². The Morgan fingerprint density at radius 3 is 2.91 bits per heavy atom. The first-order chi connectivity index (χ1) is 11.0. The van der Waals surface area contributed by atoms with Crippen LogP contribution >= 0.6 is 15.9 Å². The number of hydrogen-bond donors (Lipinski definition) is 0. The van der Waals surface area contributed by atoms with E-state index in [1.54, 1.807) is 0 Å². The molecule has 1 aliphatic rings. The summed E-state index contributed by atoms with van der Waals surface area (Å²) < 4.78 is 18.9. The Hall–Kier alpha value is -0.680. The predicted molar refractivity (Wildman–Crippen MR) is 96.4 cm³/mol. The molecule has 2 rings (SSSR count). The monoisotopic (exact) mass is 382 g/mol. The number of ether oxygens (including phenoxy) is 3. The molecule has 0 bridgehead atoms. The van der Waals surface area contributed by atoms with Crippen molar-refractivity contribution < 1.29 is 14.2 Å². The van der Waals surface area contributed by atoms with Crippen LogP contribution in [0.25, 0.3) is 0 Å². The van der Waals surface area contributed by atoms with Gasteiger partial charge >= 0.3 is 0 Å². The van der Waals surface area contributed by atoms with Crippen LogP contribution in [-0.2, 0) is 14.2 Å². The minimum Gasteiger partial charge on any atom is -0.371 e. The summed E-state index contributed by atoms with van der Waals surface area (Å²) in [5.74, 6) is 0. The fraction of sp³-hybridized carbons (Fsp3) is 0.579. The molecule has 1 aromatic rings. The Kier molecular flexibility index (Phi) is 7.28. The van der Waals surface area contributed by atoms with E-state index in [0.29, 0.717) is 6.61 Å². The summed E-state index contributed by atoms with van der Waals surface area (Å²) in [5.41, 5.74) is 0.831. The van der Waals surface area contributed by atoms with Gasteiger partial charge in [-0.25, -0.2) is 0 Å². The Bertz CT molecular complexity index is 495. The Balaban J connectivity index is 2.00. The molecule has 0 N–H and O–H groups in total. The summed E-state index contributed by atoms with van der Waals surface area (Å²) in [5, 5.41) is 0. The van der Waals surface area contributed by atoms with Crippen LogP contribution in [0.3, 0.4) is 0 Å². The molecular weight excluding hydrogens is 356 g/mol. The van der Waals surface area contributed by atoms with Crippen molar-refractivity contribution in [1.82, 2.24) is 0 Å². The van der Waals surface area contributed by atoms with Gasteiger partial charge in [-0.2, -0.15) is 0 Å². The van der Waals surface area contributed by atoms with E-state index in [9.17, 15) is 0 Å². The number of benzene rings is 1. The zero-order valence-electron chi connectivity index (χ0n) is 14.1. The molecule has 0 radical (unpaired) electrons. The van der Waals surface area contributed by atoms with Gasteiger partial charge in [0.1, 0.15) is 0 Å². The molecule has 1 fully saturated rings. The second kappa shape index (κ2) is 8.97. The van der Waals surface area contributed by atoms with Crippen molar-refractivity contribution in [3.05, 3.63) is 47.0 Å². The third-order valence-electron chi connectivity index (χ3n) is 4.02. The molecule has 2 atom stereocenters. The summed E-state index contributed by atoms with van der Waals surface area (Å²) in [6.07, 6.45) is 5.72. The lowest BCUT2D eigenvalue weighted by molar-refractivity contribution is -0.194. The second-order valence-corrected chi connectivity index (χ2v) is 7.34. The topological polar surface area (TPSA) is 27.7 Å². The van der Waals surface area contributed by atoms with Crippen LogP contribution in [0.5, 0.6) is 0 Å². The fourth-order valence-electron chi connectivity index (χ4n) is 2.51. The molecular formula is C19H27BrO3. The van der Waals surface area contributed by atoms with Crippen LogP contribution in [0.15, 0.2) is 41.4 Å². The van der Waals surface area contributed by atoms with Crippen LogP contribution in [0, 0.1) is 0 Å². The van der Waals surface area contributed by atoms with E-state index in [0.717, 1.165) is 42.3 Å². The Labute approximate surface area is 148 Å². The molecule has 4 heteroatoms. The van der Waals surface area contributed by atoms with Gasteiger partial charge in [-0.3, -0.25) is 0 Å². The molecule has 0 amide bonds. The zero-order valence-corrected chi connectivity index (χ0v) is 15.7. The predicted octanol–water partition coefficient (Wildman–Crippen LogP) is 5.40. The van der Waals surface area contributed by atoms with Crippen LogP contribution in [-0.4, -0.2) is 25.1 Å². The van der Waals surface area contributed by atoms with E-state index in [-0.39, 0.29) is 18.0 Å². The van der Waals surface area contributed by atoms with Crippen LogP contribution in [0.4, 0.5) is 0 Å². The van der Waals surface area contributed by atoms with Gasteiger partial charge in [0.25, 0.3) is 0 Å². The van der Waals surface area contributed by atoms with Gasteiger partial charge in [0, 0.05) is 17.5 Å². The molecule has 1 heterocycles. The van der Waals surface area contributed by atoms with Crippen molar-refractivity contribution in [2.75, 3.05) is 13.2 Å². The van der Waals surface area contributed by atoms with Crippen molar-refractivity contribution >= 4 is 15.9 Å². The van der Waals surface area contributed by atoms with Crippen molar-refractivity contribution in [3.63, 3.8) is 0 Å². The second-order valence-electron chi connectivity index (χ2n) is 6.42. The highest BCUT2D eigenvalue weighted by atomic mass is 79.9. The van der Waals surface area contributed by atoms with Gasteiger partial charge in [-0.05, 0) is 50.8 Å². The van der Waals surface area contributed by atoms with E-state index in [1.165, 1.54) is 0 Å². The van der Waals surface area contributed by atoms with E-state index in [4.69, 9.17) is 14.2 Å². The molecule has 1 aromatic carbocycles. The van der Waals surface area contributed by atoms with Gasteiger partial charge in [0.15, 0.2) is 6.29 Å². The zero-order chi connectivity index (χ0) is 16.7. The minimum absolute atomic E-state index is 0.0313. The lowest BCUT2D eigenvalue weighted by atomic mass is 10.1. The molecule has 23 heavy (non-hydrogen) atoms. The third-order valence-corrected chi connectivity index (χ3v) is 4.51. The van der Waals surface area contributed by atoms with Crippen LogP contribution < -0.4 is 0 Å². The highest BCUT2D eigenvalue weighted by Gasteiger charge is 2.22. The molecule has 0 spiro atoms. The van der Waals surface area contributed by atoms with Gasteiger partial charge in [0.2, 0.25) is 0 Å². The van der Waals surface area contributed by atoms with Crippen LogP contribution in [0.1, 0.15) is 51.2 Å². The molecule has 0 aliphatic carbocycles. The molecule has 1 aliphatic heterocycles. The van der Waals surface area contributed by atoms with Crippen molar-refractivity contribution in [2.45, 2.75) is 57.5 Å². The number of hydrogen-bond acceptors (Lipinski definition) is 3. The van der Waals surface area contributed by atoms with E-state index < -0.39 is 0 Å². The van der Waals surface area contributed by atoms with Gasteiger partial charge < -0.3 is 14.2 Å². The van der Waals surface area contributed by atoms with Crippen molar-refractivity contribution in [2.24, 2.45) is 0 Å². The third kappa shape index (κ3) is 6.38. The highest BCUT2D eigenvalue weighted by Crippen LogP contribution is 2.29. The maximum atomic E-state index is 6.23. The molecule has 128 valence electrons. The average Bonchev–Trinajstić information content (AvgIpc) is 2.55. The summed E-state index contributed by atoms with van der Waals surface area (Å²) >= 11 is 3.54. The van der Waals surface area contributed by atoms with E-state index >= 15 is 0 Å². The highest BCUT2D eigenvalue weighted by molar-refractivity contribution is 9.10. The maximum Gasteiger partial charge on any atom is 0.158 e. The SMILES string of the molecule is C=CC(C)(C)OCCC(OC1CCCCO1)c1cccc(Br)c1. The normalized spacial score (nSPS) is 20.2. The van der Waals surface area contributed by atoms with Crippen LogP contribution in [0.2, 0.25) is 0 Å². The fourth-order valence-corrected chi connectivity index (χ4v) is 2.93. The smallest absolute Gasteiger partial charge is 0.158 e. The van der Waals surface area contributed by atoms with E-state index in [2.05, 4.69) is 34.6 Å². The first kappa shape index (κ1) is 18.7. The average molecular weight is 383 g/mol. The first-order valence-corrected chi connectivity index (χ1v) is 9.09. The molecule has 3 nitrogen and oxygen atoms in total.